The van der Waals surface area contributed by atoms with Crippen LogP contribution in [0.5, 0.6) is 0 Å². The molecule has 20 heavy (non-hydrogen) atoms. The standard InChI is InChI=1S/C15H16F2N2O/c1-10-6-12-11-4-2-3-5-13(11)18-14(12)7-19(10)8-15(16,17)9-20/h2-5,18,20H,1,6-9H2. The van der Waals surface area contributed by atoms with Crippen LogP contribution in [0, 0.1) is 0 Å². The van der Waals surface area contributed by atoms with Gasteiger partial charge in [0.15, 0.2) is 0 Å². The first-order chi connectivity index (χ1) is 9.50. The SMILES string of the molecule is C=C1Cc2c([nH]c3ccccc23)CN1CC(F)(F)CO. The molecule has 0 fully saturated rings. The average molecular weight is 278 g/mol. The lowest BCUT2D eigenvalue weighted by Crippen LogP contribution is -2.40. The van der Waals surface area contributed by atoms with E-state index in [0.29, 0.717) is 18.7 Å². The molecule has 0 saturated carbocycles. The van der Waals surface area contributed by atoms with E-state index in [9.17, 15) is 8.78 Å². The number of aliphatic hydroxyl groups excluding tert-OH is 1. The number of nitrogens with zero attached hydrogens (tertiary/aromatic N) is 1. The molecule has 0 spiro atoms. The summed E-state index contributed by atoms with van der Waals surface area (Å²) in [5.74, 6) is -3.10. The van der Waals surface area contributed by atoms with Crippen molar-refractivity contribution in [2.45, 2.75) is 18.9 Å². The number of halogens is 2. The highest BCUT2D eigenvalue weighted by Crippen LogP contribution is 2.32. The van der Waals surface area contributed by atoms with Crippen LogP contribution < -0.4 is 0 Å². The van der Waals surface area contributed by atoms with Gasteiger partial charge in [0.2, 0.25) is 0 Å². The summed E-state index contributed by atoms with van der Waals surface area (Å²) in [5.41, 5.74) is 3.76. The number of para-hydroxylation sites is 1. The minimum Gasteiger partial charge on any atom is -0.390 e. The van der Waals surface area contributed by atoms with Crippen LogP contribution in [0.3, 0.4) is 0 Å². The van der Waals surface area contributed by atoms with Gasteiger partial charge in [0.25, 0.3) is 5.92 Å². The Morgan fingerprint density at radius 2 is 2.10 bits per heavy atom. The number of hydrogen-bond donors (Lipinski definition) is 2. The molecular weight excluding hydrogens is 262 g/mol. The maximum absolute atomic E-state index is 13.3. The molecule has 0 amide bonds. The van der Waals surface area contributed by atoms with Gasteiger partial charge in [-0.1, -0.05) is 24.8 Å². The second-order valence-corrected chi connectivity index (χ2v) is 5.24. The summed E-state index contributed by atoms with van der Waals surface area (Å²) in [7, 11) is 0. The van der Waals surface area contributed by atoms with Gasteiger partial charge in [-0.2, -0.15) is 0 Å². The highest BCUT2D eigenvalue weighted by atomic mass is 19.3. The van der Waals surface area contributed by atoms with Gasteiger partial charge >= 0.3 is 0 Å². The van der Waals surface area contributed by atoms with Crippen molar-refractivity contribution in [2.24, 2.45) is 0 Å². The third-order valence-electron chi connectivity index (χ3n) is 3.73. The predicted molar refractivity (Wildman–Crippen MR) is 73.6 cm³/mol. The lowest BCUT2D eigenvalue weighted by atomic mass is 10.0. The van der Waals surface area contributed by atoms with Crippen LogP contribution in [0.2, 0.25) is 0 Å². The topological polar surface area (TPSA) is 39.3 Å². The molecule has 0 unspecified atom stereocenters. The molecule has 0 bridgehead atoms. The summed E-state index contributed by atoms with van der Waals surface area (Å²) in [6, 6.07) is 7.90. The monoisotopic (exact) mass is 278 g/mol. The summed E-state index contributed by atoms with van der Waals surface area (Å²) < 4.78 is 26.7. The first kappa shape index (κ1) is 13.1. The molecule has 2 heterocycles. The van der Waals surface area contributed by atoms with Crippen LogP contribution in [0.1, 0.15) is 11.3 Å². The second-order valence-electron chi connectivity index (χ2n) is 5.24. The molecule has 1 aromatic heterocycles. The highest BCUT2D eigenvalue weighted by molar-refractivity contribution is 5.85. The molecule has 0 radical (unpaired) electrons. The summed E-state index contributed by atoms with van der Waals surface area (Å²) in [5, 5.41) is 9.83. The van der Waals surface area contributed by atoms with Gasteiger partial charge in [-0.3, -0.25) is 0 Å². The number of benzene rings is 1. The largest absolute Gasteiger partial charge is 0.390 e. The molecule has 1 aliphatic rings. The number of aromatic amines is 1. The summed E-state index contributed by atoms with van der Waals surface area (Å²) in [6.45, 7) is 2.62. The van der Waals surface area contributed by atoms with Gasteiger partial charge in [-0.15, -0.1) is 0 Å². The maximum Gasteiger partial charge on any atom is 0.287 e. The minimum absolute atomic E-state index is 0.373. The van der Waals surface area contributed by atoms with Crippen molar-refractivity contribution in [2.75, 3.05) is 13.2 Å². The van der Waals surface area contributed by atoms with E-state index in [0.717, 1.165) is 22.2 Å². The second kappa shape index (κ2) is 4.59. The van der Waals surface area contributed by atoms with Gasteiger partial charge in [0, 0.05) is 28.7 Å². The van der Waals surface area contributed by atoms with Crippen LogP contribution in [0.4, 0.5) is 8.78 Å². The maximum atomic E-state index is 13.3. The molecule has 3 nitrogen and oxygen atoms in total. The van der Waals surface area contributed by atoms with Gasteiger partial charge in [0.1, 0.15) is 6.61 Å². The van der Waals surface area contributed by atoms with Crippen molar-refractivity contribution >= 4 is 10.9 Å². The Morgan fingerprint density at radius 1 is 1.35 bits per heavy atom. The fourth-order valence-corrected chi connectivity index (χ4v) is 2.71. The molecule has 0 atom stereocenters. The first-order valence-corrected chi connectivity index (χ1v) is 6.50. The number of hydrogen-bond acceptors (Lipinski definition) is 2. The summed E-state index contributed by atoms with van der Waals surface area (Å²) in [4.78, 5) is 4.82. The first-order valence-electron chi connectivity index (χ1n) is 6.50. The van der Waals surface area contributed by atoms with E-state index in [1.54, 1.807) is 0 Å². The number of aromatic nitrogens is 1. The molecule has 0 saturated heterocycles. The fourth-order valence-electron chi connectivity index (χ4n) is 2.71. The molecule has 3 rings (SSSR count). The normalized spacial score (nSPS) is 15.8. The number of nitrogens with one attached hydrogen (secondary N) is 1. The van der Waals surface area contributed by atoms with Crippen molar-refractivity contribution < 1.29 is 13.9 Å². The van der Waals surface area contributed by atoms with Crippen molar-refractivity contribution in [1.29, 1.82) is 0 Å². The predicted octanol–water partition coefficient (Wildman–Crippen LogP) is 2.67. The molecule has 2 N–H and O–H groups in total. The van der Waals surface area contributed by atoms with E-state index in [1.807, 2.05) is 24.3 Å². The van der Waals surface area contributed by atoms with Crippen LogP contribution in [-0.2, 0) is 13.0 Å². The Balaban J connectivity index is 1.93. The average Bonchev–Trinajstić information content (AvgIpc) is 2.77. The molecule has 2 aromatic rings. The number of H-pyrrole nitrogens is 1. The third-order valence-corrected chi connectivity index (χ3v) is 3.73. The van der Waals surface area contributed by atoms with E-state index in [1.165, 1.54) is 4.90 Å². The molecule has 1 aliphatic heterocycles. The van der Waals surface area contributed by atoms with Crippen LogP contribution in [-0.4, -0.2) is 34.1 Å². The zero-order valence-electron chi connectivity index (χ0n) is 11.0. The van der Waals surface area contributed by atoms with Crippen molar-refractivity contribution in [3.63, 3.8) is 0 Å². The molecule has 106 valence electrons. The molecule has 1 aromatic carbocycles. The molecule has 5 heteroatoms. The van der Waals surface area contributed by atoms with Crippen molar-refractivity contribution in [3.8, 4) is 0 Å². The number of aliphatic hydroxyl groups is 1. The van der Waals surface area contributed by atoms with Crippen LogP contribution in [0.15, 0.2) is 36.5 Å². The molecular formula is C15H16F2N2O. The third kappa shape index (κ3) is 2.18. The number of allylic oxidation sites excluding steroid dienone is 1. The number of rotatable bonds is 3. The van der Waals surface area contributed by atoms with Gasteiger partial charge in [0.05, 0.1) is 13.1 Å². The Morgan fingerprint density at radius 3 is 2.85 bits per heavy atom. The lowest BCUT2D eigenvalue weighted by molar-refractivity contribution is -0.0695. The quantitative estimate of drug-likeness (QED) is 0.906. The molecule has 0 aliphatic carbocycles. The smallest absolute Gasteiger partial charge is 0.287 e. The Bertz CT molecular complexity index is 663. The highest BCUT2D eigenvalue weighted by Gasteiger charge is 2.33. The van der Waals surface area contributed by atoms with Crippen molar-refractivity contribution in [3.05, 3.63) is 47.8 Å². The van der Waals surface area contributed by atoms with E-state index >= 15 is 0 Å². The van der Waals surface area contributed by atoms with E-state index in [2.05, 4.69) is 11.6 Å². The Hall–Kier alpha value is -1.88. The number of alkyl halides is 2. The Labute approximate surface area is 115 Å². The summed E-state index contributed by atoms with van der Waals surface area (Å²) in [6.07, 6.45) is 0.556. The number of fused-ring (bicyclic) bond motifs is 3. The van der Waals surface area contributed by atoms with Gasteiger partial charge in [-0.05, 0) is 11.6 Å². The van der Waals surface area contributed by atoms with Crippen LogP contribution in [0.25, 0.3) is 10.9 Å². The van der Waals surface area contributed by atoms with E-state index in [4.69, 9.17) is 5.11 Å². The summed E-state index contributed by atoms with van der Waals surface area (Å²) >= 11 is 0. The zero-order valence-corrected chi connectivity index (χ0v) is 11.0. The lowest BCUT2D eigenvalue weighted by Gasteiger charge is -2.33. The Kier molecular flexibility index (Phi) is 3.01. The minimum atomic E-state index is -3.10. The van der Waals surface area contributed by atoms with Crippen molar-refractivity contribution in [1.82, 2.24) is 9.88 Å². The van der Waals surface area contributed by atoms with E-state index in [-0.39, 0.29) is 0 Å². The zero-order chi connectivity index (χ0) is 14.3. The fraction of sp³-hybridized carbons (Fsp3) is 0.333. The van der Waals surface area contributed by atoms with Gasteiger partial charge < -0.3 is 15.0 Å². The van der Waals surface area contributed by atoms with Crippen LogP contribution >= 0.6 is 0 Å². The van der Waals surface area contributed by atoms with E-state index < -0.39 is 19.1 Å². The van der Waals surface area contributed by atoms with Gasteiger partial charge in [-0.25, -0.2) is 8.78 Å².